The van der Waals surface area contributed by atoms with E-state index < -0.39 is 0 Å². The number of hydrogen-bond acceptors (Lipinski definition) is 2. The lowest BCUT2D eigenvalue weighted by Crippen LogP contribution is -2.15. The Balaban J connectivity index is 2.13. The van der Waals surface area contributed by atoms with E-state index in [0.717, 1.165) is 38.9 Å². The van der Waals surface area contributed by atoms with Crippen LogP contribution in [0.25, 0.3) is 33.3 Å². The van der Waals surface area contributed by atoms with E-state index in [9.17, 15) is 4.79 Å². The minimum Gasteiger partial charge on any atom is -0.369 e. The van der Waals surface area contributed by atoms with Crippen molar-refractivity contribution in [3.8, 4) is 22.4 Å². The zero-order valence-electron chi connectivity index (χ0n) is 14.2. The molecular formula is C23H18N2O. The molecule has 2 N–H and O–H groups in total. The van der Waals surface area contributed by atoms with Gasteiger partial charge in [0.05, 0.1) is 17.6 Å². The first-order valence-electron chi connectivity index (χ1n) is 8.55. The average Bonchev–Trinajstić information content (AvgIpc) is 2.68. The molecule has 0 aliphatic rings. The van der Waals surface area contributed by atoms with Crippen LogP contribution < -0.4 is 5.73 Å². The number of nitrogens with two attached hydrogens (primary N) is 1. The number of pyridine rings is 1. The molecule has 0 atom stereocenters. The second kappa shape index (κ2) is 6.81. The molecule has 0 bridgehead atoms. The van der Waals surface area contributed by atoms with E-state index in [-0.39, 0.29) is 12.3 Å². The predicted octanol–water partition coefficient (Wildman–Crippen LogP) is 4.60. The Morgan fingerprint density at radius 2 is 1.35 bits per heavy atom. The summed E-state index contributed by atoms with van der Waals surface area (Å²) in [5.41, 5.74) is 11.2. The summed E-state index contributed by atoms with van der Waals surface area (Å²) in [6.45, 7) is 0. The molecule has 3 heteroatoms. The van der Waals surface area contributed by atoms with Gasteiger partial charge < -0.3 is 5.73 Å². The molecule has 0 spiro atoms. The van der Waals surface area contributed by atoms with E-state index in [1.165, 1.54) is 0 Å². The normalized spacial score (nSPS) is 10.8. The first-order valence-corrected chi connectivity index (χ1v) is 8.55. The van der Waals surface area contributed by atoms with Gasteiger partial charge in [-0.1, -0.05) is 78.9 Å². The fraction of sp³-hybridized carbons (Fsp3) is 0.0435. The van der Waals surface area contributed by atoms with Crippen LogP contribution in [0.2, 0.25) is 0 Å². The Morgan fingerprint density at radius 3 is 2.00 bits per heavy atom. The molecule has 4 rings (SSSR count). The van der Waals surface area contributed by atoms with Crippen molar-refractivity contribution in [1.29, 1.82) is 0 Å². The minimum absolute atomic E-state index is 0.145. The van der Waals surface area contributed by atoms with Crippen molar-refractivity contribution in [1.82, 2.24) is 4.98 Å². The van der Waals surface area contributed by atoms with E-state index in [0.29, 0.717) is 0 Å². The standard InChI is InChI=1S/C23H18N2O/c24-21(26)15-19-22(16-9-3-1-4-10-16)18-13-7-8-14-20(18)25-23(19)17-11-5-2-6-12-17/h1-14H,15H2,(H2,24,26). The van der Waals surface area contributed by atoms with E-state index in [1.54, 1.807) is 0 Å². The fourth-order valence-corrected chi connectivity index (χ4v) is 3.37. The van der Waals surface area contributed by atoms with Gasteiger partial charge in [-0.3, -0.25) is 4.79 Å². The number of amides is 1. The number of nitrogens with zero attached hydrogens (tertiary/aromatic N) is 1. The molecule has 3 nitrogen and oxygen atoms in total. The van der Waals surface area contributed by atoms with Crippen LogP contribution in [0.5, 0.6) is 0 Å². The van der Waals surface area contributed by atoms with Crippen LogP contribution in [0.15, 0.2) is 84.9 Å². The molecule has 0 aliphatic heterocycles. The van der Waals surface area contributed by atoms with Crippen LogP contribution in [-0.4, -0.2) is 10.9 Å². The Morgan fingerprint density at radius 1 is 0.769 bits per heavy atom. The van der Waals surface area contributed by atoms with Crippen molar-refractivity contribution < 1.29 is 4.79 Å². The number of rotatable bonds is 4. The minimum atomic E-state index is -0.364. The number of primary amides is 1. The Labute approximate surface area is 152 Å². The molecule has 1 amide bonds. The molecule has 1 heterocycles. The Hall–Kier alpha value is -3.46. The van der Waals surface area contributed by atoms with Gasteiger partial charge in [0.15, 0.2) is 0 Å². The van der Waals surface area contributed by atoms with Crippen molar-refractivity contribution >= 4 is 16.8 Å². The van der Waals surface area contributed by atoms with Gasteiger partial charge in [-0.05, 0) is 22.8 Å². The van der Waals surface area contributed by atoms with Gasteiger partial charge in [-0.25, -0.2) is 4.98 Å². The van der Waals surface area contributed by atoms with Crippen molar-refractivity contribution in [2.75, 3.05) is 0 Å². The zero-order valence-corrected chi connectivity index (χ0v) is 14.2. The maximum Gasteiger partial charge on any atom is 0.221 e. The van der Waals surface area contributed by atoms with Gasteiger partial charge in [-0.2, -0.15) is 0 Å². The number of aromatic nitrogens is 1. The van der Waals surface area contributed by atoms with Crippen LogP contribution in [0.1, 0.15) is 5.56 Å². The van der Waals surface area contributed by atoms with Gasteiger partial charge >= 0.3 is 0 Å². The van der Waals surface area contributed by atoms with E-state index in [4.69, 9.17) is 10.7 Å². The summed E-state index contributed by atoms with van der Waals surface area (Å²) >= 11 is 0. The number of benzene rings is 3. The first kappa shape index (κ1) is 16.0. The monoisotopic (exact) mass is 338 g/mol. The quantitative estimate of drug-likeness (QED) is 0.591. The third-order valence-electron chi connectivity index (χ3n) is 4.45. The molecule has 3 aromatic carbocycles. The third-order valence-corrected chi connectivity index (χ3v) is 4.45. The molecule has 0 fully saturated rings. The van der Waals surface area contributed by atoms with Crippen molar-refractivity contribution in [3.05, 3.63) is 90.5 Å². The predicted molar refractivity (Wildman–Crippen MR) is 106 cm³/mol. The lowest BCUT2D eigenvalue weighted by atomic mass is 9.90. The molecular weight excluding hydrogens is 320 g/mol. The Bertz CT molecular complexity index is 1070. The SMILES string of the molecule is NC(=O)Cc1c(-c2ccccc2)nc2ccccc2c1-c1ccccc1. The first-order chi connectivity index (χ1) is 12.7. The van der Waals surface area contributed by atoms with Crippen LogP contribution in [0, 0.1) is 0 Å². The van der Waals surface area contributed by atoms with Crippen LogP contribution in [0.4, 0.5) is 0 Å². The summed E-state index contributed by atoms with van der Waals surface area (Å²) in [6, 6.07) is 28.1. The number of carbonyl (C=O) groups excluding carboxylic acids is 1. The number of para-hydroxylation sites is 1. The summed E-state index contributed by atoms with van der Waals surface area (Å²) in [4.78, 5) is 16.7. The summed E-state index contributed by atoms with van der Waals surface area (Å²) in [5, 5.41) is 1.02. The molecule has 0 aliphatic carbocycles. The molecule has 0 radical (unpaired) electrons. The average molecular weight is 338 g/mol. The third kappa shape index (κ3) is 2.95. The second-order valence-electron chi connectivity index (χ2n) is 6.21. The van der Waals surface area contributed by atoms with E-state index >= 15 is 0 Å². The lowest BCUT2D eigenvalue weighted by Gasteiger charge is -2.17. The summed E-state index contributed by atoms with van der Waals surface area (Å²) in [5.74, 6) is -0.364. The molecule has 0 saturated carbocycles. The van der Waals surface area contributed by atoms with Crippen LogP contribution in [0.3, 0.4) is 0 Å². The number of hydrogen-bond donors (Lipinski definition) is 1. The topological polar surface area (TPSA) is 56.0 Å². The fourth-order valence-electron chi connectivity index (χ4n) is 3.37. The lowest BCUT2D eigenvalue weighted by molar-refractivity contribution is -0.117. The summed E-state index contributed by atoms with van der Waals surface area (Å²) in [7, 11) is 0. The highest BCUT2D eigenvalue weighted by atomic mass is 16.1. The molecule has 0 saturated heterocycles. The van der Waals surface area contributed by atoms with Gasteiger partial charge in [0.25, 0.3) is 0 Å². The maximum absolute atomic E-state index is 11.9. The summed E-state index contributed by atoms with van der Waals surface area (Å²) < 4.78 is 0. The zero-order chi connectivity index (χ0) is 17.9. The largest absolute Gasteiger partial charge is 0.369 e. The molecule has 4 aromatic rings. The van der Waals surface area contributed by atoms with E-state index in [2.05, 4.69) is 12.1 Å². The highest BCUT2D eigenvalue weighted by Gasteiger charge is 2.19. The van der Waals surface area contributed by atoms with Crippen LogP contribution >= 0.6 is 0 Å². The molecule has 26 heavy (non-hydrogen) atoms. The van der Waals surface area contributed by atoms with Gasteiger partial charge in [0.2, 0.25) is 5.91 Å². The van der Waals surface area contributed by atoms with Gasteiger partial charge in [-0.15, -0.1) is 0 Å². The summed E-state index contributed by atoms with van der Waals surface area (Å²) in [6.07, 6.45) is 0.145. The van der Waals surface area contributed by atoms with Gasteiger partial charge in [0.1, 0.15) is 0 Å². The van der Waals surface area contributed by atoms with Crippen molar-refractivity contribution in [2.24, 2.45) is 5.73 Å². The van der Waals surface area contributed by atoms with Gasteiger partial charge in [0, 0.05) is 10.9 Å². The highest BCUT2D eigenvalue weighted by molar-refractivity contribution is 6.00. The van der Waals surface area contributed by atoms with Crippen LogP contribution in [-0.2, 0) is 11.2 Å². The molecule has 126 valence electrons. The Kier molecular flexibility index (Phi) is 4.20. The van der Waals surface area contributed by atoms with Crippen molar-refractivity contribution in [2.45, 2.75) is 6.42 Å². The highest BCUT2D eigenvalue weighted by Crippen LogP contribution is 2.37. The number of fused-ring (bicyclic) bond motifs is 1. The molecule has 0 unspecified atom stereocenters. The second-order valence-corrected chi connectivity index (χ2v) is 6.21. The molecule has 1 aromatic heterocycles. The van der Waals surface area contributed by atoms with E-state index in [1.807, 2.05) is 72.8 Å². The van der Waals surface area contributed by atoms with Crippen molar-refractivity contribution in [3.63, 3.8) is 0 Å². The smallest absolute Gasteiger partial charge is 0.221 e. The maximum atomic E-state index is 11.9. The number of carbonyl (C=O) groups is 1.